The maximum absolute atomic E-state index is 12.3. The fraction of sp³-hybridized carbons (Fsp3) is 0.455. The summed E-state index contributed by atoms with van der Waals surface area (Å²) in [6, 6.07) is 0.130. The number of aliphatic hydroxyl groups is 3. The number of nitrogens with zero attached hydrogens (tertiary/aromatic N) is 3. The van der Waals surface area contributed by atoms with Gasteiger partial charge in [-0.3, -0.25) is 4.79 Å². The molecule has 0 bridgehead atoms. The highest BCUT2D eigenvalue weighted by atomic mass is 16.6. The largest absolute Gasteiger partial charge is 0.395 e. The van der Waals surface area contributed by atoms with E-state index < -0.39 is 60.2 Å². The number of nitriles is 1. The SMILES string of the molecule is N#C/C(N)=C(N)/C(=N/C(N)=O)C(=O)N(N)C1OC(CO)C(O)C1O. The third-order valence-corrected chi connectivity index (χ3v) is 3.12. The summed E-state index contributed by atoms with van der Waals surface area (Å²) in [4.78, 5) is 26.4. The molecule has 132 valence electrons. The highest BCUT2D eigenvalue weighted by molar-refractivity contribution is 6.46. The molecule has 1 fully saturated rings. The molecule has 24 heavy (non-hydrogen) atoms. The first-order valence-electron chi connectivity index (χ1n) is 6.40. The van der Waals surface area contributed by atoms with Crippen molar-refractivity contribution in [1.29, 1.82) is 5.26 Å². The third-order valence-electron chi connectivity index (χ3n) is 3.12. The highest BCUT2D eigenvalue weighted by Crippen LogP contribution is 2.22. The molecule has 0 radical (unpaired) electrons. The lowest BCUT2D eigenvalue weighted by Gasteiger charge is -2.26. The lowest BCUT2D eigenvalue weighted by molar-refractivity contribution is -0.146. The number of hydrogen-bond donors (Lipinski definition) is 7. The smallest absolute Gasteiger partial charge is 0.339 e. The number of carbonyl (C=O) groups excluding carboxylic acids is 2. The Morgan fingerprint density at radius 1 is 1.25 bits per heavy atom. The van der Waals surface area contributed by atoms with Gasteiger partial charge in [0.15, 0.2) is 11.9 Å². The third kappa shape index (κ3) is 3.76. The van der Waals surface area contributed by atoms with Crippen molar-refractivity contribution in [3.05, 3.63) is 11.4 Å². The van der Waals surface area contributed by atoms with E-state index in [1.165, 1.54) is 6.07 Å². The quantitative estimate of drug-likeness (QED) is 0.0844. The van der Waals surface area contributed by atoms with Gasteiger partial charge < -0.3 is 37.3 Å². The zero-order chi connectivity index (χ0) is 18.6. The van der Waals surface area contributed by atoms with Gasteiger partial charge in [0.2, 0.25) is 0 Å². The van der Waals surface area contributed by atoms with E-state index in [1.54, 1.807) is 0 Å². The van der Waals surface area contributed by atoms with Crippen molar-refractivity contribution in [3.8, 4) is 6.07 Å². The average molecular weight is 343 g/mol. The van der Waals surface area contributed by atoms with Crippen LogP contribution in [0.2, 0.25) is 0 Å². The average Bonchev–Trinajstić information content (AvgIpc) is 2.84. The number of carbonyl (C=O) groups is 2. The number of hydrogen-bond acceptors (Lipinski definition) is 10. The molecule has 11 N–H and O–H groups in total. The van der Waals surface area contributed by atoms with Crippen molar-refractivity contribution in [1.82, 2.24) is 5.01 Å². The van der Waals surface area contributed by atoms with E-state index >= 15 is 0 Å². The van der Waals surface area contributed by atoms with E-state index in [9.17, 15) is 19.8 Å². The summed E-state index contributed by atoms with van der Waals surface area (Å²) in [5.74, 6) is 4.25. The van der Waals surface area contributed by atoms with Crippen LogP contribution in [-0.4, -0.2) is 69.1 Å². The van der Waals surface area contributed by atoms with Crippen LogP contribution in [0.25, 0.3) is 0 Å². The van der Waals surface area contributed by atoms with Gasteiger partial charge in [-0.2, -0.15) is 10.3 Å². The second-order valence-corrected chi connectivity index (χ2v) is 4.68. The minimum atomic E-state index is -1.66. The van der Waals surface area contributed by atoms with Crippen LogP contribution in [-0.2, 0) is 9.53 Å². The molecule has 13 heteroatoms. The fourth-order valence-corrected chi connectivity index (χ4v) is 1.87. The lowest BCUT2D eigenvalue weighted by Crippen LogP contribution is -2.54. The first-order valence-corrected chi connectivity index (χ1v) is 6.40. The van der Waals surface area contributed by atoms with Gasteiger partial charge in [-0.25, -0.2) is 15.6 Å². The molecule has 1 aliphatic rings. The van der Waals surface area contributed by atoms with Gasteiger partial charge in [0.1, 0.15) is 30.1 Å². The minimum Gasteiger partial charge on any atom is -0.395 e. The molecule has 1 saturated heterocycles. The van der Waals surface area contributed by atoms with Crippen LogP contribution < -0.4 is 23.0 Å². The maximum atomic E-state index is 12.3. The summed E-state index contributed by atoms with van der Waals surface area (Å²) < 4.78 is 5.05. The van der Waals surface area contributed by atoms with Gasteiger partial charge in [-0.15, -0.1) is 0 Å². The van der Waals surface area contributed by atoms with Crippen molar-refractivity contribution >= 4 is 17.6 Å². The topological polar surface area (TPSA) is 248 Å². The number of allylic oxidation sites excluding steroid dienone is 1. The first-order chi connectivity index (χ1) is 11.1. The van der Waals surface area contributed by atoms with Crippen LogP contribution in [0.4, 0.5) is 4.79 Å². The van der Waals surface area contributed by atoms with Gasteiger partial charge in [-0.1, -0.05) is 0 Å². The van der Waals surface area contributed by atoms with Crippen LogP contribution in [0, 0.1) is 11.3 Å². The van der Waals surface area contributed by atoms with Crippen LogP contribution in [0.1, 0.15) is 0 Å². The molecule has 4 atom stereocenters. The number of ether oxygens (including phenoxy) is 1. The van der Waals surface area contributed by atoms with Crippen molar-refractivity contribution in [2.75, 3.05) is 6.61 Å². The molecule has 3 amide bonds. The van der Waals surface area contributed by atoms with Crippen LogP contribution in [0.3, 0.4) is 0 Å². The molecule has 1 rings (SSSR count). The molecular formula is C11H17N7O6. The predicted octanol–water partition coefficient (Wildman–Crippen LogP) is -4.70. The Morgan fingerprint density at radius 3 is 2.25 bits per heavy atom. The van der Waals surface area contributed by atoms with Gasteiger partial charge in [0.25, 0.3) is 5.91 Å². The van der Waals surface area contributed by atoms with Crippen molar-refractivity contribution in [2.45, 2.75) is 24.5 Å². The van der Waals surface area contributed by atoms with Gasteiger partial charge in [-0.05, 0) is 0 Å². The number of primary amides is 1. The molecule has 0 spiro atoms. The minimum absolute atomic E-state index is 0.281. The Hall–Kier alpha value is -2.76. The van der Waals surface area contributed by atoms with E-state index in [0.29, 0.717) is 0 Å². The fourth-order valence-electron chi connectivity index (χ4n) is 1.87. The standard InChI is InChI=1S/C11H17N7O6/c12-1-3(13)5(14)6(17-11(15)23)9(22)18(16)10-8(21)7(20)4(2-19)24-10/h4,7-8,10,19-21H,2,13-14,16H2,(H2,15,23)/b5-3+,17-6-. The second-order valence-electron chi connectivity index (χ2n) is 4.68. The molecule has 0 saturated carbocycles. The van der Waals surface area contributed by atoms with Gasteiger partial charge in [0.05, 0.1) is 12.3 Å². The molecule has 0 aromatic heterocycles. The van der Waals surface area contributed by atoms with Gasteiger partial charge >= 0.3 is 6.03 Å². The van der Waals surface area contributed by atoms with Crippen molar-refractivity contribution in [2.24, 2.45) is 28.0 Å². The lowest BCUT2D eigenvalue weighted by atomic mass is 10.1. The molecular weight excluding hydrogens is 326 g/mol. The van der Waals surface area contributed by atoms with Crippen molar-refractivity contribution < 1.29 is 29.6 Å². The molecule has 4 unspecified atom stereocenters. The molecule has 0 aliphatic carbocycles. The summed E-state index contributed by atoms with van der Waals surface area (Å²) in [6.07, 6.45) is -5.96. The van der Waals surface area contributed by atoms with Crippen LogP contribution in [0.5, 0.6) is 0 Å². The Kier molecular flexibility index (Phi) is 6.17. The van der Waals surface area contributed by atoms with E-state index in [4.69, 9.17) is 38.1 Å². The number of aliphatic imine (C=N–C) groups is 1. The van der Waals surface area contributed by atoms with E-state index in [2.05, 4.69) is 4.99 Å². The summed E-state index contributed by atoms with van der Waals surface area (Å²) >= 11 is 0. The number of hydrazine groups is 1. The zero-order valence-electron chi connectivity index (χ0n) is 12.2. The van der Waals surface area contributed by atoms with Crippen molar-refractivity contribution in [3.63, 3.8) is 0 Å². The number of rotatable bonds is 4. The Morgan fingerprint density at radius 2 is 1.83 bits per heavy atom. The predicted molar refractivity (Wildman–Crippen MR) is 76.8 cm³/mol. The Balaban J connectivity index is 3.17. The number of amides is 3. The number of nitrogens with two attached hydrogens (primary N) is 4. The zero-order valence-corrected chi connectivity index (χ0v) is 12.2. The van der Waals surface area contributed by atoms with E-state index in [0.717, 1.165) is 0 Å². The van der Waals surface area contributed by atoms with E-state index in [-0.39, 0.29) is 5.01 Å². The van der Waals surface area contributed by atoms with Gasteiger partial charge in [0, 0.05) is 0 Å². The molecule has 13 nitrogen and oxygen atoms in total. The summed E-state index contributed by atoms with van der Waals surface area (Å²) in [7, 11) is 0. The second kappa shape index (κ2) is 7.68. The summed E-state index contributed by atoms with van der Waals surface area (Å²) in [5, 5.41) is 37.5. The highest BCUT2D eigenvalue weighted by Gasteiger charge is 2.46. The maximum Gasteiger partial charge on any atom is 0.339 e. The molecule has 1 heterocycles. The Bertz CT molecular complexity index is 627. The van der Waals surface area contributed by atoms with E-state index in [1.807, 2.05) is 0 Å². The number of urea groups is 1. The number of aliphatic hydroxyl groups excluding tert-OH is 3. The molecule has 1 aliphatic heterocycles. The summed E-state index contributed by atoms with van der Waals surface area (Å²) in [5.41, 5.74) is 13.5. The normalized spacial score (nSPS) is 28.0. The molecule has 0 aromatic rings. The molecule has 0 aromatic carbocycles. The van der Waals surface area contributed by atoms with Crippen LogP contribution >= 0.6 is 0 Å². The first kappa shape index (κ1) is 19.3. The van der Waals surface area contributed by atoms with Crippen LogP contribution in [0.15, 0.2) is 16.4 Å². The summed E-state index contributed by atoms with van der Waals surface area (Å²) in [6.45, 7) is -0.650. The monoisotopic (exact) mass is 343 g/mol. The Labute approximate surface area is 135 Å².